The summed E-state index contributed by atoms with van der Waals surface area (Å²) >= 11 is 1.56. The molecular formula is C19H13FN2OS. The number of hydrogen-bond acceptors (Lipinski definition) is 3. The highest BCUT2D eigenvalue weighted by Crippen LogP contribution is 2.28. The van der Waals surface area contributed by atoms with Gasteiger partial charge in [0.15, 0.2) is 0 Å². The molecule has 0 N–H and O–H groups in total. The molecule has 0 aliphatic carbocycles. The Balaban J connectivity index is 1.95. The normalized spacial score (nSPS) is 11.0. The quantitative estimate of drug-likeness (QED) is 0.559. The van der Waals surface area contributed by atoms with Crippen LogP contribution in [0.15, 0.2) is 70.8 Å². The summed E-state index contributed by atoms with van der Waals surface area (Å²) in [5.41, 5.74) is 0.977. The van der Waals surface area contributed by atoms with E-state index in [-0.39, 0.29) is 17.9 Å². The molecule has 0 aliphatic rings. The van der Waals surface area contributed by atoms with Crippen molar-refractivity contribution in [1.82, 2.24) is 9.78 Å². The van der Waals surface area contributed by atoms with Crippen molar-refractivity contribution in [3.63, 3.8) is 0 Å². The molecule has 0 saturated carbocycles. The lowest BCUT2D eigenvalue weighted by Crippen LogP contribution is -2.24. The molecule has 0 spiro atoms. The minimum atomic E-state index is -0.336. The Hall–Kier alpha value is -2.79. The standard InChI is InChI=1S/C19H13FN2OS/c20-16-9-4-1-6-13(16)12-22-19(23)15-8-3-2-7-14(15)18(21-22)17-10-5-11-24-17/h1-11H,12H2. The van der Waals surface area contributed by atoms with Crippen molar-refractivity contribution in [2.24, 2.45) is 0 Å². The Morgan fingerprint density at radius 3 is 2.46 bits per heavy atom. The van der Waals surface area contributed by atoms with Crippen LogP contribution in [0.5, 0.6) is 0 Å². The van der Waals surface area contributed by atoms with Crippen LogP contribution in [0.25, 0.3) is 21.3 Å². The molecule has 4 aromatic rings. The van der Waals surface area contributed by atoms with Crippen molar-refractivity contribution in [2.75, 3.05) is 0 Å². The van der Waals surface area contributed by atoms with E-state index in [1.165, 1.54) is 10.7 Å². The van der Waals surface area contributed by atoms with Gasteiger partial charge in [-0.1, -0.05) is 42.5 Å². The molecule has 2 heterocycles. The highest BCUT2D eigenvalue weighted by Gasteiger charge is 2.13. The van der Waals surface area contributed by atoms with Crippen molar-refractivity contribution < 1.29 is 4.39 Å². The van der Waals surface area contributed by atoms with Crippen LogP contribution < -0.4 is 5.56 Å². The van der Waals surface area contributed by atoms with Gasteiger partial charge in [0.05, 0.1) is 16.8 Å². The fourth-order valence-corrected chi connectivity index (χ4v) is 3.45. The van der Waals surface area contributed by atoms with Crippen molar-refractivity contribution in [3.8, 4) is 10.6 Å². The fourth-order valence-electron chi connectivity index (χ4n) is 2.73. The zero-order chi connectivity index (χ0) is 16.5. The number of aromatic nitrogens is 2. The Morgan fingerprint density at radius 2 is 1.71 bits per heavy atom. The van der Waals surface area contributed by atoms with Gasteiger partial charge >= 0.3 is 0 Å². The lowest BCUT2D eigenvalue weighted by atomic mass is 10.1. The van der Waals surface area contributed by atoms with Gasteiger partial charge in [-0.2, -0.15) is 5.10 Å². The third-order valence-corrected chi connectivity index (χ3v) is 4.78. The molecule has 118 valence electrons. The molecule has 0 saturated heterocycles. The van der Waals surface area contributed by atoms with E-state index < -0.39 is 0 Å². The van der Waals surface area contributed by atoms with Crippen molar-refractivity contribution >= 4 is 22.1 Å². The first kappa shape index (κ1) is 14.8. The van der Waals surface area contributed by atoms with Crippen LogP contribution in [0.1, 0.15) is 5.56 Å². The summed E-state index contributed by atoms with van der Waals surface area (Å²) in [5, 5.41) is 7.90. The number of fused-ring (bicyclic) bond motifs is 1. The predicted molar refractivity (Wildman–Crippen MR) is 94.8 cm³/mol. The topological polar surface area (TPSA) is 34.9 Å². The molecule has 3 nitrogen and oxygen atoms in total. The summed E-state index contributed by atoms with van der Waals surface area (Å²) < 4.78 is 15.3. The number of thiophene rings is 1. The van der Waals surface area contributed by atoms with E-state index in [0.717, 1.165) is 16.0 Å². The molecule has 0 amide bonds. The zero-order valence-corrected chi connectivity index (χ0v) is 13.5. The van der Waals surface area contributed by atoms with Gasteiger partial charge in [-0.3, -0.25) is 4.79 Å². The molecule has 0 atom stereocenters. The molecule has 2 aromatic carbocycles. The molecule has 0 bridgehead atoms. The molecular weight excluding hydrogens is 323 g/mol. The first-order valence-electron chi connectivity index (χ1n) is 7.51. The van der Waals surface area contributed by atoms with Crippen LogP contribution in [-0.4, -0.2) is 9.78 Å². The lowest BCUT2D eigenvalue weighted by molar-refractivity contribution is 0.576. The molecule has 0 fully saturated rings. The first-order chi connectivity index (χ1) is 11.7. The molecule has 0 aliphatic heterocycles. The van der Waals surface area contributed by atoms with E-state index in [0.29, 0.717) is 10.9 Å². The minimum Gasteiger partial charge on any atom is -0.267 e. The van der Waals surface area contributed by atoms with Crippen molar-refractivity contribution in [2.45, 2.75) is 6.54 Å². The van der Waals surface area contributed by atoms with Crippen molar-refractivity contribution in [1.29, 1.82) is 0 Å². The molecule has 2 aromatic heterocycles. The van der Waals surface area contributed by atoms with Gasteiger partial charge in [-0.25, -0.2) is 9.07 Å². The van der Waals surface area contributed by atoms with Gasteiger partial charge in [0, 0.05) is 10.9 Å². The SMILES string of the molecule is O=c1c2ccccc2c(-c2cccs2)nn1Cc1ccccc1F. The van der Waals surface area contributed by atoms with Crippen LogP contribution in [-0.2, 0) is 6.54 Å². The van der Waals surface area contributed by atoms with E-state index in [1.807, 2.05) is 35.7 Å². The predicted octanol–water partition coefficient (Wildman–Crippen LogP) is 4.31. The third-order valence-electron chi connectivity index (χ3n) is 3.90. The number of halogens is 1. The zero-order valence-electron chi connectivity index (χ0n) is 12.6. The van der Waals surface area contributed by atoms with Crippen LogP contribution in [0.4, 0.5) is 4.39 Å². The minimum absolute atomic E-state index is 0.106. The Kier molecular flexibility index (Phi) is 3.70. The van der Waals surface area contributed by atoms with Crippen LogP contribution >= 0.6 is 11.3 Å². The van der Waals surface area contributed by atoms with Crippen LogP contribution in [0.2, 0.25) is 0 Å². The van der Waals surface area contributed by atoms with Gasteiger partial charge in [-0.05, 0) is 23.6 Å². The third kappa shape index (κ3) is 2.53. The Labute approximate surface area is 141 Å². The van der Waals surface area contributed by atoms with E-state index in [9.17, 15) is 9.18 Å². The maximum absolute atomic E-state index is 14.0. The van der Waals surface area contributed by atoms with Gasteiger partial charge in [0.1, 0.15) is 11.5 Å². The van der Waals surface area contributed by atoms with Gasteiger partial charge in [-0.15, -0.1) is 11.3 Å². The number of rotatable bonds is 3. The summed E-state index contributed by atoms with van der Waals surface area (Å²) in [4.78, 5) is 13.7. The number of nitrogens with zero attached hydrogens (tertiary/aromatic N) is 2. The smallest absolute Gasteiger partial charge is 0.267 e. The highest BCUT2D eigenvalue weighted by atomic mass is 32.1. The summed E-state index contributed by atoms with van der Waals surface area (Å²) in [6.07, 6.45) is 0. The molecule has 4 rings (SSSR count). The summed E-state index contributed by atoms with van der Waals surface area (Å²) in [7, 11) is 0. The average molecular weight is 336 g/mol. The highest BCUT2D eigenvalue weighted by molar-refractivity contribution is 7.13. The van der Waals surface area contributed by atoms with E-state index in [4.69, 9.17) is 0 Å². The maximum Gasteiger partial charge on any atom is 0.274 e. The molecule has 0 unspecified atom stereocenters. The summed E-state index contributed by atoms with van der Waals surface area (Å²) in [6.45, 7) is 0.106. The molecule has 0 radical (unpaired) electrons. The van der Waals surface area contributed by atoms with Crippen LogP contribution in [0, 0.1) is 5.82 Å². The molecule has 24 heavy (non-hydrogen) atoms. The van der Waals surface area contributed by atoms with E-state index in [1.54, 1.807) is 35.6 Å². The second-order valence-electron chi connectivity index (χ2n) is 5.43. The second-order valence-corrected chi connectivity index (χ2v) is 6.37. The maximum atomic E-state index is 14.0. The van der Waals surface area contributed by atoms with E-state index in [2.05, 4.69) is 5.10 Å². The van der Waals surface area contributed by atoms with Gasteiger partial charge in [0.25, 0.3) is 5.56 Å². The van der Waals surface area contributed by atoms with Crippen molar-refractivity contribution in [3.05, 3.63) is 87.8 Å². The Morgan fingerprint density at radius 1 is 0.958 bits per heavy atom. The Bertz CT molecular complexity index is 1070. The number of benzene rings is 2. The number of hydrogen-bond donors (Lipinski definition) is 0. The largest absolute Gasteiger partial charge is 0.274 e. The summed E-state index contributed by atoms with van der Waals surface area (Å²) in [5.74, 6) is -0.336. The van der Waals surface area contributed by atoms with Gasteiger partial charge in [0.2, 0.25) is 0 Å². The summed E-state index contributed by atoms with van der Waals surface area (Å²) in [6, 6.07) is 17.8. The van der Waals surface area contributed by atoms with Crippen LogP contribution in [0.3, 0.4) is 0 Å². The lowest BCUT2D eigenvalue weighted by Gasteiger charge is -2.10. The fraction of sp³-hybridized carbons (Fsp3) is 0.0526. The van der Waals surface area contributed by atoms with Gasteiger partial charge < -0.3 is 0 Å². The first-order valence-corrected chi connectivity index (χ1v) is 8.39. The average Bonchev–Trinajstić information content (AvgIpc) is 3.14. The second kappa shape index (κ2) is 6.02. The monoisotopic (exact) mass is 336 g/mol. The van der Waals surface area contributed by atoms with E-state index >= 15 is 0 Å². The molecule has 5 heteroatoms.